The van der Waals surface area contributed by atoms with E-state index >= 15 is 0 Å². The SMILES string of the molecule is CNC(=O)c1cc(C(=O)NC2[C@H]3COC[C@@H]23)c(Cc2ccccc2)o1. The Kier molecular flexibility index (Phi) is 4.05. The van der Waals surface area contributed by atoms with Gasteiger partial charge >= 0.3 is 0 Å². The molecule has 4 rings (SSSR count). The average Bonchev–Trinajstić information content (AvgIpc) is 3.00. The van der Waals surface area contributed by atoms with Crippen molar-refractivity contribution in [2.45, 2.75) is 12.5 Å². The lowest BCUT2D eigenvalue weighted by atomic mass is 10.1. The summed E-state index contributed by atoms with van der Waals surface area (Å²) in [5.74, 6) is 0.968. The van der Waals surface area contributed by atoms with Crippen LogP contribution in [0.25, 0.3) is 0 Å². The molecule has 0 radical (unpaired) electrons. The standard InChI is InChI=1S/C19H20N2O4/c1-20-19(23)16-8-12(15(25-16)7-11-5-3-2-4-6-11)18(22)21-17-13-9-24-10-14(13)17/h2-6,8,13-14,17H,7,9-10H2,1H3,(H,20,23)(H,21,22)/t13-,14+,17?. The first-order valence-corrected chi connectivity index (χ1v) is 8.44. The van der Waals surface area contributed by atoms with Crippen LogP contribution in [0.5, 0.6) is 0 Å². The van der Waals surface area contributed by atoms with Gasteiger partial charge in [-0.15, -0.1) is 0 Å². The summed E-state index contributed by atoms with van der Waals surface area (Å²) in [5, 5.41) is 5.59. The predicted octanol–water partition coefficient (Wildman–Crippen LogP) is 1.60. The van der Waals surface area contributed by atoms with Crippen LogP contribution in [-0.4, -0.2) is 38.1 Å². The van der Waals surface area contributed by atoms with Crippen LogP contribution in [0.2, 0.25) is 0 Å². The maximum absolute atomic E-state index is 12.7. The average molecular weight is 340 g/mol. The molecule has 0 bridgehead atoms. The maximum atomic E-state index is 12.7. The third kappa shape index (κ3) is 3.05. The number of furan rings is 1. The molecule has 25 heavy (non-hydrogen) atoms. The van der Waals surface area contributed by atoms with Gasteiger partial charge in [0.15, 0.2) is 5.76 Å². The molecule has 1 aliphatic heterocycles. The van der Waals surface area contributed by atoms with Crippen LogP contribution in [0, 0.1) is 11.8 Å². The fourth-order valence-corrected chi connectivity index (χ4v) is 3.45. The largest absolute Gasteiger partial charge is 0.455 e. The topological polar surface area (TPSA) is 80.6 Å². The van der Waals surface area contributed by atoms with Gasteiger partial charge in [-0.2, -0.15) is 0 Å². The molecule has 2 N–H and O–H groups in total. The fourth-order valence-electron chi connectivity index (χ4n) is 3.45. The second kappa shape index (κ2) is 6.37. The van der Waals surface area contributed by atoms with E-state index in [2.05, 4.69) is 10.6 Å². The van der Waals surface area contributed by atoms with Gasteiger partial charge in [0.2, 0.25) is 0 Å². The van der Waals surface area contributed by atoms with E-state index in [-0.39, 0.29) is 23.6 Å². The highest BCUT2D eigenvalue weighted by Gasteiger charge is 2.54. The molecule has 2 aliphatic rings. The minimum atomic E-state index is -0.343. The number of hydrogen-bond donors (Lipinski definition) is 2. The molecule has 1 saturated carbocycles. The van der Waals surface area contributed by atoms with Crippen LogP contribution in [0.1, 0.15) is 32.2 Å². The molecule has 1 unspecified atom stereocenters. The van der Waals surface area contributed by atoms with E-state index in [0.717, 1.165) is 5.56 Å². The number of nitrogens with one attached hydrogen (secondary N) is 2. The van der Waals surface area contributed by atoms with E-state index in [4.69, 9.17) is 9.15 Å². The van der Waals surface area contributed by atoms with Gasteiger partial charge in [0.05, 0.1) is 18.8 Å². The molecule has 2 amide bonds. The van der Waals surface area contributed by atoms with Crippen molar-refractivity contribution in [2.24, 2.45) is 11.8 Å². The number of hydrogen-bond acceptors (Lipinski definition) is 4. The molecule has 6 nitrogen and oxygen atoms in total. The minimum Gasteiger partial charge on any atom is -0.455 e. The summed E-state index contributed by atoms with van der Waals surface area (Å²) in [4.78, 5) is 24.6. The Morgan fingerprint density at radius 2 is 1.84 bits per heavy atom. The van der Waals surface area contributed by atoms with Gasteiger partial charge in [-0.3, -0.25) is 9.59 Å². The maximum Gasteiger partial charge on any atom is 0.286 e. The summed E-state index contributed by atoms with van der Waals surface area (Å²) in [6.07, 6.45) is 0.460. The fraction of sp³-hybridized carbons (Fsp3) is 0.368. The van der Waals surface area contributed by atoms with Crippen molar-refractivity contribution in [3.8, 4) is 0 Å². The smallest absolute Gasteiger partial charge is 0.286 e. The number of carbonyl (C=O) groups excluding carboxylic acids is 2. The summed E-state index contributed by atoms with van der Waals surface area (Å²) in [6, 6.07) is 11.4. The zero-order chi connectivity index (χ0) is 17.4. The van der Waals surface area contributed by atoms with Gasteiger partial charge in [-0.05, 0) is 5.56 Å². The third-order valence-corrected chi connectivity index (χ3v) is 4.96. The van der Waals surface area contributed by atoms with Crippen molar-refractivity contribution in [2.75, 3.05) is 20.3 Å². The van der Waals surface area contributed by atoms with Crippen LogP contribution in [0.3, 0.4) is 0 Å². The van der Waals surface area contributed by atoms with Crippen LogP contribution in [-0.2, 0) is 11.2 Å². The molecule has 1 saturated heterocycles. The van der Waals surface area contributed by atoms with Gasteiger partial charge < -0.3 is 19.8 Å². The molecule has 2 heterocycles. The van der Waals surface area contributed by atoms with Crippen molar-refractivity contribution in [3.63, 3.8) is 0 Å². The molecule has 1 aliphatic carbocycles. The van der Waals surface area contributed by atoms with Crippen LogP contribution in [0.15, 0.2) is 40.8 Å². The monoisotopic (exact) mass is 340 g/mol. The third-order valence-electron chi connectivity index (χ3n) is 4.96. The molecule has 0 spiro atoms. The van der Waals surface area contributed by atoms with Gasteiger partial charge in [-0.25, -0.2) is 0 Å². The summed E-state index contributed by atoms with van der Waals surface area (Å²) in [6.45, 7) is 1.42. The molecular weight excluding hydrogens is 320 g/mol. The summed E-state index contributed by atoms with van der Waals surface area (Å²) < 4.78 is 11.0. The first-order valence-electron chi connectivity index (χ1n) is 8.44. The van der Waals surface area contributed by atoms with Crippen LogP contribution < -0.4 is 10.6 Å². The van der Waals surface area contributed by atoms with Crippen molar-refractivity contribution in [1.82, 2.24) is 10.6 Å². The zero-order valence-electron chi connectivity index (χ0n) is 14.0. The molecule has 6 heteroatoms. The van der Waals surface area contributed by atoms with Crippen molar-refractivity contribution in [3.05, 3.63) is 59.0 Å². The zero-order valence-corrected chi connectivity index (χ0v) is 14.0. The lowest BCUT2D eigenvalue weighted by Crippen LogP contribution is -2.30. The number of rotatable bonds is 5. The second-order valence-electron chi connectivity index (χ2n) is 6.55. The second-order valence-corrected chi connectivity index (χ2v) is 6.55. The molecule has 2 fully saturated rings. The Bertz CT molecular complexity index is 789. The van der Waals surface area contributed by atoms with Crippen molar-refractivity contribution in [1.29, 1.82) is 0 Å². The normalized spacial score (nSPS) is 23.8. The van der Waals surface area contributed by atoms with Gasteiger partial charge in [-0.1, -0.05) is 30.3 Å². The summed E-state index contributed by atoms with van der Waals surface area (Å²) >= 11 is 0. The molecular formula is C19H20N2O4. The van der Waals surface area contributed by atoms with Crippen molar-refractivity contribution < 1.29 is 18.7 Å². The van der Waals surface area contributed by atoms with E-state index in [1.807, 2.05) is 30.3 Å². The number of ether oxygens (including phenoxy) is 1. The van der Waals surface area contributed by atoms with E-state index < -0.39 is 0 Å². The summed E-state index contributed by atoms with van der Waals surface area (Å²) in [5.41, 5.74) is 1.44. The van der Waals surface area contributed by atoms with Crippen LogP contribution >= 0.6 is 0 Å². The summed E-state index contributed by atoms with van der Waals surface area (Å²) in [7, 11) is 1.53. The van der Waals surface area contributed by atoms with Crippen molar-refractivity contribution >= 4 is 11.8 Å². The van der Waals surface area contributed by atoms with Gasteiger partial charge in [0.1, 0.15) is 5.76 Å². The molecule has 2 aromatic rings. The van der Waals surface area contributed by atoms with E-state index in [1.54, 1.807) is 0 Å². The quantitative estimate of drug-likeness (QED) is 0.866. The Morgan fingerprint density at radius 1 is 1.12 bits per heavy atom. The van der Waals surface area contributed by atoms with Gasteiger partial charge in [0.25, 0.3) is 11.8 Å². The molecule has 130 valence electrons. The first kappa shape index (κ1) is 15.9. The molecule has 1 aromatic carbocycles. The van der Waals surface area contributed by atoms with Crippen LogP contribution in [0.4, 0.5) is 0 Å². The van der Waals surface area contributed by atoms with E-state index in [1.165, 1.54) is 13.1 Å². The molecule has 3 atom stereocenters. The Morgan fingerprint density at radius 3 is 2.52 bits per heavy atom. The molecule has 1 aromatic heterocycles. The van der Waals surface area contributed by atoms with E-state index in [9.17, 15) is 9.59 Å². The van der Waals surface area contributed by atoms with E-state index in [0.29, 0.717) is 42.8 Å². The highest BCUT2D eigenvalue weighted by atomic mass is 16.5. The first-order chi connectivity index (χ1) is 12.2. The highest BCUT2D eigenvalue weighted by Crippen LogP contribution is 2.44. The Balaban J connectivity index is 1.57. The lowest BCUT2D eigenvalue weighted by Gasteiger charge is -2.07. The lowest BCUT2D eigenvalue weighted by molar-refractivity contribution is 0.0920. The Hall–Kier alpha value is -2.60. The number of amides is 2. The Labute approximate surface area is 145 Å². The number of benzene rings is 1. The number of carbonyl (C=O) groups is 2. The number of fused-ring (bicyclic) bond motifs is 1. The minimum absolute atomic E-state index is 0.151. The highest BCUT2D eigenvalue weighted by molar-refractivity contribution is 5.99. The predicted molar refractivity (Wildman–Crippen MR) is 90.4 cm³/mol. The van der Waals surface area contributed by atoms with Gasteiger partial charge in [0, 0.05) is 37.4 Å².